The van der Waals surface area contributed by atoms with E-state index in [9.17, 15) is 9.90 Å². The van der Waals surface area contributed by atoms with Crippen molar-refractivity contribution >= 4 is 34.6 Å². The number of hydrogen-bond acceptors (Lipinski definition) is 5. The minimum Gasteiger partial charge on any atom is -0.839 e. The number of pyridine rings is 1. The predicted molar refractivity (Wildman–Crippen MR) is 99.4 cm³/mol. The van der Waals surface area contributed by atoms with E-state index in [0.29, 0.717) is 15.9 Å². The van der Waals surface area contributed by atoms with Crippen LogP contribution >= 0.6 is 22.9 Å². The summed E-state index contributed by atoms with van der Waals surface area (Å²) in [5.41, 5.74) is 1.49. The van der Waals surface area contributed by atoms with E-state index < -0.39 is 11.8 Å². The molecule has 3 heterocycles. The maximum absolute atomic E-state index is 13.0. The summed E-state index contributed by atoms with van der Waals surface area (Å²) in [6.07, 6.45) is 3.29. The van der Waals surface area contributed by atoms with E-state index in [4.69, 9.17) is 16.3 Å². The second-order valence-electron chi connectivity index (χ2n) is 5.95. The fourth-order valence-corrected chi connectivity index (χ4v) is 3.83. The van der Waals surface area contributed by atoms with Gasteiger partial charge in [-0.2, -0.15) is 4.40 Å². The fraction of sp³-hybridized carbons (Fsp3) is 0.105. The number of rotatable bonds is 4. The molecule has 0 aliphatic heterocycles. The van der Waals surface area contributed by atoms with Crippen LogP contribution in [0.15, 0.2) is 54.9 Å². The molecule has 0 aliphatic carbocycles. The van der Waals surface area contributed by atoms with Crippen molar-refractivity contribution in [2.45, 2.75) is 13.5 Å². The fourth-order valence-electron chi connectivity index (χ4n) is 2.86. The van der Waals surface area contributed by atoms with Crippen LogP contribution in [0.2, 0.25) is 4.47 Å². The predicted octanol–water partition coefficient (Wildman–Crippen LogP) is 2.99. The number of benzene rings is 1. The summed E-state index contributed by atoms with van der Waals surface area (Å²) in [5.74, 6) is -0.734. The van der Waals surface area contributed by atoms with Gasteiger partial charge in [-0.1, -0.05) is 29.8 Å². The first-order valence-corrected chi connectivity index (χ1v) is 9.31. The van der Waals surface area contributed by atoms with E-state index in [1.807, 2.05) is 13.0 Å². The average molecular weight is 400 g/mol. The number of carbonyl (C=O) groups is 1. The Morgan fingerprint density at radius 1 is 1.33 bits per heavy atom. The number of imidazole rings is 1. The number of aryl methyl sites for hydroxylation is 1. The van der Waals surface area contributed by atoms with E-state index in [-0.39, 0.29) is 12.2 Å². The van der Waals surface area contributed by atoms with Crippen LogP contribution in [0.4, 0.5) is 0 Å². The first kappa shape index (κ1) is 17.5. The van der Waals surface area contributed by atoms with E-state index in [1.165, 1.54) is 15.9 Å². The zero-order valence-electron chi connectivity index (χ0n) is 14.3. The minimum absolute atomic E-state index is 0.0530. The van der Waals surface area contributed by atoms with Gasteiger partial charge < -0.3 is 9.84 Å². The largest absolute Gasteiger partial charge is 0.839 e. The van der Waals surface area contributed by atoms with Gasteiger partial charge in [-0.05, 0) is 30.7 Å². The quantitative estimate of drug-likeness (QED) is 0.300. The Hall–Kier alpha value is -2.90. The zero-order chi connectivity index (χ0) is 19.0. The van der Waals surface area contributed by atoms with Crippen molar-refractivity contribution in [3.05, 3.63) is 75.5 Å². The molecule has 0 bridgehead atoms. The molecule has 0 N–H and O–H groups in total. The summed E-state index contributed by atoms with van der Waals surface area (Å²) in [5, 5.41) is 13.0. The van der Waals surface area contributed by atoms with Gasteiger partial charge in [-0.3, -0.25) is 0 Å². The first-order valence-electron chi connectivity index (χ1n) is 8.12. The maximum Gasteiger partial charge on any atom is 0.387 e. The van der Waals surface area contributed by atoms with Gasteiger partial charge in [-0.15, -0.1) is 11.3 Å². The second kappa shape index (κ2) is 7.02. The van der Waals surface area contributed by atoms with Crippen LogP contribution in [0.1, 0.15) is 20.9 Å². The number of carbonyl (C=O) groups excluding carboxylic acids is 1. The SMILES string of the molecule is Cc1cccc(OC(=O)c2c([O-])[n+](Cc3cnc(Cl)s3)c3ccccn23)c1. The molecule has 0 saturated carbocycles. The summed E-state index contributed by atoms with van der Waals surface area (Å²) >= 11 is 7.17. The minimum atomic E-state index is -0.701. The highest BCUT2D eigenvalue weighted by atomic mass is 35.5. The summed E-state index contributed by atoms with van der Waals surface area (Å²) in [6, 6.07) is 12.4. The standard InChI is InChI=1S/C19H14ClN3O3S/c1-12-5-4-6-13(9-12)26-18(25)16-17(24)23(11-14-10-21-19(20)27-14)15-7-2-3-8-22(15)16/h2-10H,11H2,1H3. The van der Waals surface area contributed by atoms with Gasteiger partial charge in [0, 0.05) is 12.3 Å². The third kappa shape index (κ3) is 3.39. The molecule has 3 aromatic heterocycles. The Balaban J connectivity index is 1.76. The number of aromatic nitrogens is 3. The number of hydrogen-bond donors (Lipinski definition) is 0. The molecule has 8 heteroatoms. The molecule has 4 rings (SSSR count). The van der Waals surface area contributed by atoms with Crippen LogP contribution < -0.4 is 14.4 Å². The molecule has 0 unspecified atom stereocenters. The lowest BCUT2D eigenvalue weighted by atomic mass is 10.2. The summed E-state index contributed by atoms with van der Waals surface area (Å²) < 4.78 is 8.89. The van der Waals surface area contributed by atoms with Crippen molar-refractivity contribution < 1.29 is 19.2 Å². The Bertz CT molecular complexity index is 1150. The van der Waals surface area contributed by atoms with E-state index >= 15 is 0 Å². The topological polar surface area (TPSA) is 70.5 Å². The highest BCUT2D eigenvalue weighted by Crippen LogP contribution is 2.22. The number of esters is 1. The monoisotopic (exact) mass is 399 g/mol. The van der Waals surface area contributed by atoms with Crippen LogP contribution in [0.25, 0.3) is 5.65 Å². The Labute approximate surface area is 163 Å². The van der Waals surface area contributed by atoms with Gasteiger partial charge in [0.15, 0.2) is 4.47 Å². The van der Waals surface area contributed by atoms with Crippen molar-refractivity contribution in [1.82, 2.24) is 9.38 Å². The van der Waals surface area contributed by atoms with Gasteiger partial charge in [0.25, 0.3) is 11.3 Å². The molecule has 0 saturated heterocycles. The number of nitrogens with zero attached hydrogens (tertiary/aromatic N) is 3. The van der Waals surface area contributed by atoms with E-state index in [2.05, 4.69) is 4.98 Å². The first-order chi connectivity index (χ1) is 13.0. The molecule has 0 radical (unpaired) electrons. The smallest absolute Gasteiger partial charge is 0.387 e. The summed E-state index contributed by atoms with van der Waals surface area (Å²) in [6.45, 7) is 2.17. The van der Waals surface area contributed by atoms with Crippen LogP contribution in [-0.2, 0) is 6.54 Å². The van der Waals surface area contributed by atoms with Crippen LogP contribution in [0.3, 0.4) is 0 Å². The maximum atomic E-state index is 13.0. The van der Waals surface area contributed by atoms with E-state index in [1.54, 1.807) is 53.2 Å². The Kier molecular flexibility index (Phi) is 4.55. The van der Waals surface area contributed by atoms with Gasteiger partial charge in [-0.25, -0.2) is 14.3 Å². The molecule has 27 heavy (non-hydrogen) atoms. The molecule has 1 aromatic carbocycles. The molecule has 4 aromatic rings. The molecule has 0 spiro atoms. The zero-order valence-corrected chi connectivity index (χ0v) is 15.8. The van der Waals surface area contributed by atoms with Crippen molar-refractivity contribution in [3.8, 4) is 11.6 Å². The highest BCUT2D eigenvalue weighted by Gasteiger charge is 2.27. The third-order valence-corrected chi connectivity index (χ3v) is 5.14. The van der Waals surface area contributed by atoms with Crippen molar-refractivity contribution in [2.75, 3.05) is 0 Å². The molecule has 0 atom stereocenters. The molecular weight excluding hydrogens is 386 g/mol. The molecule has 136 valence electrons. The van der Waals surface area contributed by atoms with Gasteiger partial charge in [0.05, 0.1) is 11.1 Å². The van der Waals surface area contributed by atoms with Crippen molar-refractivity contribution in [1.29, 1.82) is 0 Å². The van der Waals surface area contributed by atoms with Gasteiger partial charge in [0.1, 0.15) is 18.2 Å². The normalized spacial score (nSPS) is 11.0. The van der Waals surface area contributed by atoms with Crippen LogP contribution in [0.5, 0.6) is 11.6 Å². The van der Waals surface area contributed by atoms with E-state index in [0.717, 1.165) is 10.4 Å². The molecule has 6 nitrogen and oxygen atoms in total. The lowest BCUT2D eigenvalue weighted by Crippen LogP contribution is -2.36. The van der Waals surface area contributed by atoms with Crippen LogP contribution in [0, 0.1) is 6.92 Å². The van der Waals surface area contributed by atoms with Crippen molar-refractivity contribution in [2.24, 2.45) is 0 Å². The Morgan fingerprint density at radius 2 is 2.19 bits per heavy atom. The summed E-state index contributed by atoms with van der Waals surface area (Å²) in [4.78, 5) is 17.6. The van der Waals surface area contributed by atoms with Gasteiger partial charge in [0.2, 0.25) is 0 Å². The highest BCUT2D eigenvalue weighted by molar-refractivity contribution is 7.15. The number of thiazole rings is 1. The number of ether oxygens (including phenoxy) is 1. The molecule has 0 fully saturated rings. The molecular formula is C19H14ClN3O3S. The number of halogens is 1. The Morgan fingerprint density at radius 3 is 2.93 bits per heavy atom. The summed E-state index contributed by atoms with van der Waals surface area (Å²) in [7, 11) is 0. The molecule has 0 amide bonds. The van der Waals surface area contributed by atoms with Gasteiger partial charge >= 0.3 is 5.97 Å². The average Bonchev–Trinajstić information content (AvgIpc) is 3.17. The third-order valence-electron chi connectivity index (χ3n) is 4.04. The van der Waals surface area contributed by atoms with Crippen LogP contribution in [-0.4, -0.2) is 15.4 Å². The number of fused-ring (bicyclic) bond motifs is 1. The lowest BCUT2D eigenvalue weighted by Gasteiger charge is -2.07. The molecule has 0 aliphatic rings. The lowest BCUT2D eigenvalue weighted by molar-refractivity contribution is -0.704. The van der Waals surface area contributed by atoms with Crippen molar-refractivity contribution in [3.63, 3.8) is 0 Å². The second-order valence-corrected chi connectivity index (χ2v) is 7.65.